The Labute approximate surface area is 194 Å². The lowest BCUT2D eigenvalue weighted by Crippen LogP contribution is -2.14. The predicted octanol–water partition coefficient (Wildman–Crippen LogP) is 5.35. The number of aryl methyl sites for hydroxylation is 4. The van der Waals surface area contributed by atoms with E-state index in [-0.39, 0.29) is 11.5 Å². The van der Waals surface area contributed by atoms with E-state index >= 15 is 0 Å². The number of anilines is 1. The first-order valence-electron chi connectivity index (χ1n) is 10.5. The van der Waals surface area contributed by atoms with Crippen LogP contribution in [0.15, 0.2) is 48.0 Å². The second kappa shape index (κ2) is 9.58. The molecule has 3 aromatic rings. The first-order chi connectivity index (χ1) is 15.7. The molecule has 0 unspecified atom stereocenters. The number of esters is 1. The Kier molecular flexibility index (Phi) is 6.83. The van der Waals surface area contributed by atoms with Gasteiger partial charge in [-0.05, 0) is 87.7 Å². The van der Waals surface area contributed by atoms with Gasteiger partial charge >= 0.3 is 5.97 Å². The summed E-state index contributed by atoms with van der Waals surface area (Å²) in [6, 6.07) is 15.1. The number of amides is 1. The van der Waals surface area contributed by atoms with Gasteiger partial charge < -0.3 is 14.6 Å². The van der Waals surface area contributed by atoms with Crippen molar-refractivity contribution in [3.63, 3.8) is 0 Å². The van der Waals surface area contributed by atoms with Gasteiger partial charge in [0, 0.05) is 22.8 Å². The Hall–Kier alpha value is -4.11. The molecule has 2 aromatic carbocycles. The van der Waals surface area contributed by atoms with Crippen molar-refractivity contribution in [2.75, 3.05) is 12.4 Å². The zero-order valence-corrected chi connectivity index (χ0v) is 19.7. The molecule has 0 spiro atoms. The summed E-state index contributed by atoms with van der Waals surface area (Å²) >= 11 is 0. The summed E-state index contributed by atoms with van der Waals surface area (Å²) in [4.78, 5) is 24.6. The summed E-state index contributed by atoms with van der Waals surface area (Å²) in [6.07, 6.45) is 1.61. The number of hydrogen-bond acceptors (Lipinski definition) is 4. The normalized spacial score (nSPS) is 11.1. The van der Waals surface area contributed by atoms with Gasteiger partial charge in [-0.25, -0.2) is 4.79 Å². The average molecular weight is 442 g/mol. The highest BCUT2D eigenvalue weighted by Gasteiger charge is 2.16. The van der Waals surface area contributed by atoms with E-state index in [0.717, 1.165) is 39.3 Å². The molecule has 0 aliphatic carbocycles. The zero-order valence-electron chi connectivity index (χ0n) is 19.7. The third kappa shape index (κ3) is 4.88. The standard InChI is InChI=1S/C27H27N3O3/c1-16-7-9-24(17(2)11-16)29-26(31)23(15-28)14-22-13-19(4)30(20(22)5)25-10-8-21(12-18(25)3)27(32)33-6/h7-14H,1-6H3,(H,29,31)/b23-14-. The first kappa shape index (κ1) is 23.6. The van der Waals surface area contributed by atoms with E-state index in [1.807, 2.05) is 75.6 Å². The lowest BCUT2D eigenvalue weighted by atomic mass is 10.1. The molecule has 1 N–H and O–H groups in total. The summed E-state index contributed by atoms with van der Waals surface area (Å²) in [6.45, 7) is 9.72. The van der Waals surface area contributed by atoms with E-state index in [2.05, 4.69) is 5.32 Å². The number of nitrogens with one attached hydrogen (secondary N) is 1. The summed E-state index contributed by atoms with van der Waals surface area (Å²) < 4.78 is 6.84. The number of ether oxygens (including phenoxy) is 1. The monoisotopic (exact) mass is 441 g/mol. The van der Waals surface area contributed by atoms with Crippen LogP contribution in [0.4, 0.5) is 5.69 Å². The molecule has 6 nitrogen and oxygen atoms in total. The van der Waals surface area contributed by atoms with Gasteiger partial charge in [-0.2, -0.15) is 5.26 Å². The molecule has 0 saturated heterocycles. The van der Waals surface area contributed by atoms with Gasteiger partial charge in [-0.15, -0.1) is 0 Å². The fourth-order valence-electron chi connectivity index (χ4n) is 3.90. The third-order valence-electron chi connectivity index (χ3n) is 5.62. The van der Waals surface area contributed by atoms with Crippen molar-refractivity contribution in [1.82, 2.24) is 4.57 Å². The Morgan fingerprint density at radius 3 is 2.33 bits per heavy atom. The van der Waals surface area contributed by atoms with E-state index in [9.17, 15) is 14.9 Å². The van der Waals surface area contributed by atoms with Crippen molar-refractivity contribution in [2.24, 2.45) is 0 Å². The van der Waals surface area contributed by atoms with E-state index in [4.69, 9.17) is 4.74 Å². The van der Waals surface area contributed by atoms with Gasteiger partial charge in [0.2, 0.25) is 0 Å². The molecule has 0 atom stereocenters. The molecule has 33 heavy (non-hydrogen) atoms. The van der Waals surface area contributed by atoms with E-state index in [1.54, 1.807) is 18.2 Å². The number of carbonyl (C=O) groups is 2. The Morgan fingerprint density at radius 2 is 1.73 bits per heavy atom. The maximum Gasteiger partial charge on any atom is 0.337 e. The summed E-state index contributed by atoms with van der Waals surface area (Å²) in [5.74, 6) is -0.837. The van der Waals surface area contributed by atoms with Gasteiger partial charge in [0.15, 0.2) is 0 Å². The van der Waals surface area contributed by atoms with Crippen LogP contribution in [0.1, 0.15) is 44.0 Å². The molecular formula is C27H27N3O3. The number of rotatable bonds is 5. The average Bonchev–Trinajstić information content (AvgIpc) is 3.06. The topological polar surface area (TPSA) is 84.1 Å². The molecule has 1 aromatic heterocycles. The number of nitriles is 1. The fourth-order valence-corrected chi connectivity index (χ4v) is 3.90. The smallest absolute Gasteiger partial charge is 0.337 e. The van der Waals surface area contributed by atoms with Gasteiger partial charge in [0.05, 0.1) is 12.7 Å². The largest absolute Gasteiger partial charge is 0.465 e. The molecule has 0 bridgehead atoms. The molecule has 168 valence electrons. The van der Waals surface area contributed by atoms with Gasteiger partial charge in [-0.3, -0.25) is 4.79 Å². The first-order valence-corrected chi connectivity index (χ1v) is 10.5. The minimum atomic E-state index is -0.451. The fraction of sp³-hybridized carbons (Fsp3) is 0.222. The van der Waals surface area contributed by atoms with E-state index < -0.39 is 5.91 Å². The number of methoxy groups -OCH3 is 1. The molecule has 1 heterocycles. The maximum atomic E-state index is 12.8. The molecule has 0 aliphatic rings. The Bertz CT molecular complexity index is 1320. The highest BCUT2D eigenvalue weighted by atomic mass is 16.5. The van der Waals surface area contributed by atoms with Gasteiger partial charge in [0.1, 0.15) is 11.6 Å². The maximum absolute atomic E-state index is 12.8. The number of aromatic nitrogens is 1. The second-order valence-electron chi connectivity index (χ2n) is 8.10. The lowest BCUT2D eigenvalue weighted by Gasteiger charge is -2.14. The van der Waals surface area contributed by atoms with Crippen LogP contribution in [-0.2, 0) is 9.53 Å². The van der Waals surface area contributed by atoms with Crippen LogP contribution in [-0.4, -0.2) is 23.6 Å². The van der Waals surface area contributed by atoms with Crippen molar-refractivity contribution >= 4 is 23.6 Å². The van der Waals surface area contributed by atoms with E-state index in [0.29, 0.717) is 11.3 Å². The minimum absolute atomic E-state index is 0.0213. The Balaban J connectivity index is 1.96. The molecule has 0 fully saturated rings. The van der Waals surface area contributed by atoms with Crippen LogP contribution in [0.5, 0.6) is 0 Å². The van der Waals surface area contributed by atoms with Crippen molar-refractivity contribution in [3.05, 3.63) is 87.2 Å². The van der Waals surface area contributed by atoms with Crippen LogP contribution < -0.4 is 5.32 Å². The number of benzene rings is 2. The van der Waals surface area contributed by atoms with Crippen LogP contribution in [0.3, 0.4) is 0 Å². The highest BCUT2D eigenvalue weighted by Crippen LogP contribution is 2.26. The lowest BCUT2D eigenvalue weighted by molar-refractivity contribution is -0.112. The molecule has 0 aliphatic heterocycles. The zero-order chi connectivity index (χ0) is 24.3. The molecule has 6 heteroatoms. The second-order valence-corrected chi connectivity index (χ2v) is 8.10. The summed E-state index contributed by atoms with van der Waals surface area (Å²) in [5, 5.41) is 12.5. The molecule has 0 radical (unpaired) electrons. The van der Waals surface area contributed by atoms with Crippen LogP contribution in [0.25, 0.3) is 11.8 Å². The van der Waals surface area contributed by atoms with Crippen LogP contribution in [0, 0.1) is 45.9 Å². The van der Waals surface area contributed by atoms with Gasteiger partial charge in [0.25, 0.3) is 5.91 Å². The van der Waals surface area contributed by atoms with Crippen LogP contribution >= 0.6 is 0 Å². The Morgan fingerprint density at radius 1 is 1.00 bits per heavy atom. The predicted molar refractivity (Wildman–Crippen MR) is 129 cm³/mol. The van der Waals surface area contributed by atoms with Crippen LogP contribution in [0.2, 0.25) is 0 Å². The SMILES string of the molecule is COC(=O)c1ccc(-n2c(C)cc(/C=C(/C#N)C(=O)Nc3ccc(C)cc3C)c2C)c(C)c1. The molecule has 0 saturated carbocycles. The number of hydrogen-bond donors (Lipinski definition) is 1. The number of carbonyl (C=O) groups excluding carboxylic acids is 2. The molecule has 3 rings (SSSR count). The van der Waals surface area contributed by atoms with Crippen molar-refractivity contribution < 1.29 is 14.3 Å². The van der Waals surface area contributed by atoms with Gasteiger partial charge in [-0.1, -0.05) is 17.7 Å². The quantitative estimate of drug-likeness (QED) is 0.329. The molecule has 1 amide bonds. The number of nitrogens with zero attached hydrogens (tertiary/aromatic N) is 2. The van der Waals surface area contributed by atoms with Crippen molar-refractivity contribution in [1.29, 1.82) is 5.26 Å². The van der Waals surface area contributed by atoms with Crippen molar-refractivity contribution in [2.45, 2.75) is 34.6 Å². The summed E-state index contributed by atoms with van der Waals surface area (Å²) in [7, 11) is 1.35. The highest BCUT2D eigenvalue weighted by molar-refractivity contribution is 6.10. The van der Waals surface area contributed by atoms with Crippen molar-refractivity contribution in [3.8, 4) is 11.8 Å². The third-order valence-corrected chi connectivity index (χ3v) is 5.62. The molecular weight excluding hydrogens is 414 g/mol. The summed E-state index contributed by atoms with van der Waals surface area (Å²) in [5.41, 5.74) is 7.64. The minimum Gasteiger partial charge on any atom is -0.465 e. The van der Waals surface area contributed by atoms with E-state index in [1.165, 1.54) is 7.11 Å².